The highest BCUT2D eigenvalue weighted by Crippen LogP contribution is 2.60. The third-order valence-corrected chi connectivity index (χ3v) is 5.09. The van der Waals surface area contributed by atoms with Crippen molar-refractivity contribution in [3.05, 3.63) is 4.91 Å². The second kappa shape index (κ2) is 5.29. The third-order valence-electron chi connectivity index (χ3n) is 5.09. The van der Waals surface area contributed by atoms with E-state index in [4.69, 9.17) is 0 Å². The van der Waals surface area contributed by atoms with Crippen molar-refractivity contribution in [2.75, 3.05) is 6.54 Å². The van der Waals surface area contributed by atoms with Gasteiger partial charge in [0.2, 0.25) is 0 Å². The van der Waals surface area contributed by atoms with Gasteiger partial charge in [-0.15, -0.1) is 0 Å². The van der Waals surface area contributed by atoms with Gasteiger partial charge in [0.15, 0.2) is 0 Å². The monoisotopic (exact) mass is 223 g/mol. The third kappa shape index (κ3) is 2.31. The Morgan fingerprint density at radius 2 is 2.06 bits per heavy atom. The number of nitrogens with zero attached hydrogens (tertiary/aromatic N) is 1. The van der Waals surface area contributed by atoms with Gasteiger partial charge >= 0.3 is 0 Å². The van der Waals surface area contributed by atoms with Crippen molar-refractivity contribution in [1.82, 2.24) is 0 Å². The average molecular weight is 223 g/mol. The summed E-state index contributed by atoms with van der Waals surface area (Å²) in [6.45, 7) is 5.19. The van der Waals surface area contributed by atoms with E-state index in [0.29, 0.717) is 6.54 Å². The normalized spacial score (nSPS) is 41.5. The molecule has 2 aliphatic carbocycles. The lowest BCUT2D eigenvalue weighted by Gasteiger charge is -2.38. The zero-order valence-corrected chi connectivity index (χ0v) is 10.7. The molecule has 2 fully saturated rings. The van der Waals surface area contributed by atoms with Crippen LogP contribution >= 0.6 is 0 Å². The molecule has 0 aromatic heterocycles. The lowest BCUT2D eigenvalue weighted by atomic mass is 9.68. The Balaban J connectivity index is 1.74. The molecular weight excluding hydrogens is 198 g/mol. The van der Waals surface area contributed by atoms with Gasteiger partial charge in [-0.25, -0.2) is 0 Å². The van der Waals surface area contributed by atoms with Crippen LogP contribution in [0, 0.1) is 34.5 Å². The van der Waals surface area contributed by atoms with E-state index in [9.17, 15) is 4.91 Å². The molecule has 0 amide bonds. The van der Waals surface area contributed by atoms with Crippen LogP contribution in [0.2, 0.25) is 0 Å². The van der Waals surface area contributed by atoms with Gasteiger partial charge in [-0.05, 0) is 48.9 Å². The zero-order valence-electron chi connectivity index (χ0n) is 10.7. The first-order valence-corrected chi connectivity index (χ1v) is 7.08. The molecule has 0 radical (unpaired) electrons. The number of hydrogen-bond donors (Lipinski definition) is 0. The van der Waals surface area contributed by atoms with Crippen LogP contribution in [0.15, 0.2) is 5.18 Å². The maximum Gasteiger partial charge on any atom is 0.0814 e. The van der Waals surface area contributed by atoms with Crippen molar-refractivity contribution in [1.29, 1.82) is 0 Å². The lowest BCUT2D eigenvalue weighted by Crippen LogP contribution is -2.28. The van der Waals surface area contributed by atoms with Gasteiger partial charge in [0, 0.05) is 0 Å². The number of unbranched alkanes of at least 4 members (excludes halogenated alkanes) is 1. The molecule has 2 heteroatoms. The number of nitroso groups, excluding NO2 is 1. The van der Waals surface area contributed by atoms with Crippen LogP contribution in [0.3, 0.4) is 0 Å². The largest absolute Gasteiger partial charge is 0.151 e. The van der Waals surface area contributed by atoms with Gasteiger partial charge in [0.05, 0.1) is 6.54 Å². The highest BCUT2D eigenvalue weighted by atomic mass is 16.3. The van der Waals surface area contributed by atoms with Crippen molar-refractivity contribution >= 4 is 0 Å². The molecule has 2 nitrogen and oxygen atoms in total. The van der Waals surface area contributed by atoms with Gasteiger partial charge in [-0.3, -0.25) is 0 Å². The summed E-state index contributed by atoms with van der Waals surface area (Å²) in [5.41, 5.74) is 0. The molecule has 0 heterocycles. The maximum absolute atomic E-state index is 10.2. The first-order chi connectivity index (χ1) is 7.79. The van der Waals surface area contributed by atoms with E-state index >= 15 is 0 Å². The fourth-order valence-corrected chi connectivity index (χ4v) is 3.87. The fraction of sp³-hybridized carbons (Fsp3) is 1.00. The summed E-state index contributed by atoms with van der Waals surface area (Å²) < 4.78 is 0. The van der Waals surface area contributed by atoms with Crippen LogP contribution in [-0.4, -0.2) is 6.54 Å². The van der Waals surface area contributed by atoms with Crippen molar-refractivity contribution in [2.45, 2.75) is 52.4 Å². The van der Waals surface area contributed by atoms with Crippen LogP contribution in [-0.2, 0) is 0 Å². The fourth-order valence-electron chi connectivity index (χ4n) is 3.87. The van der Waals surface area contributed by atoms with Crippen LogP contribution < -0.4 is 0 Å². The molecule has 0 N–H and O–H groups in total. The Morgan fingerprint density at radius 1 is 1.25 bits per heavy atom. The molecule has 2 aliphatic rings. The smallest absolute Gasteiger partial charge is 0.0814 e. The predicted molar refractivity (Wildman–Crippen MR) is 67.2 cm³/mol. The van der Waals surface area contributed by atoms with Crippen molar-refractivity contribution in [3.63, 3.8) is 0 Å². The van der Waals surface area contributed by atoms with Crippen LogP contribution in [0.5, 0.6) is 0 Å². The summed E-state index contributed by atoms with van der Waals surface area (Å²) in [4.78, 5) is 10.2. The summed E-state index contributed by atoms with van der Waals surface area (Å²) in [7, 11) is 0. The maximum atomic E-state index is 10.2. The Hall–Kier alpha value is -0.400. The van der Waals surface area contributed by atoms with Crippen molar-refractivity contribution in [2.24, 2.45) is 34.8 Å². The topological polar surface area (TPSA) is 29.4 Å². The number of rotatable bonds is 7. The standard InChI is InChI=1S/C14H25NO/c1-3-4-5-11-6-7-13(11)14-10(2)12(14)8-9-15-16/h10-14H,3-9H2,1-2H3. The highest BCUT2D eigenvalue weighted by Gasteiger charge is 2.54. The van der Waals surface area contributed by atoms with Gasteiger partial charge in [0.25, 0.3) is 0 Å². The van der Waals surface area contributed by atoms with Crippen molar-refractivity contribution in [3.8, 4) is 0 Å². The van der Waals surface area contributed by atoms with Crippen LogP contribution in [0.1, 0.15) is 52.4 Å². The summed E-state index contributed by atoms with van der Waals surface area (Å²) in [5.74, 6) is 4.65. The molecule has 0 aliphatic heterocycles. The first-order valence-electron chi connectivity index (χ1n) is 7.08. The molecule has 0 bridgehead atoms. The average Bonchev–Trinajstić information content (AvgIpc) is 2.85. The molecule has 2 saturated carbocycles. The Bertz CT molecular complexity index is 241. The minimum atomic E-state index is 0.540. The Labute approximate surface area is 99.2 Å². The Kier molecular flexibility index (Phi) is 3.99. The van der Waals surface area contributed by atoms with Gasteiger partial charge in [-0.2, -0.15) is 4.91 Å². The molecule has 0 saturated heterocycles. The summed E-state index contributed by atoms with van der Waals surface area (Å²) >= 11 is 0. The van der Waals surface area contributed by atoms with Crippen LogP contribution in [0.25, 0.3) is 0 Å². The molecular formula is C14H25NO. The van der Waals surface area contributed by atoms with E-state index in [1.165, 1.54) is 32.1 Å². The summed E-state index contributed by atoms with van der Waals surface area (Å²) in [6.07, 6.45) is 8.15. The molecule has 2 rings (SSSR count). The van der Waals surface area contributed by atoms with E-state index in [2.05, 4.69) is 19.0 Å². The highest BCUT2D eigenvalue weighted by molar-refractivity contribution is 5.02. The number of hydrogen-bond acceptors (Lipinski definition) is 2. The van der Waals surface area contributed by atoms with E-state index in [0.717, 1.165) is 36.0 Å². The molecule has 5 atom stereocenters. The minimum absolute atomic E-state index is 0.540. The van der Waals surface area contributed by atoms with E-state index in [1.807, 2.05) is 0 Å². The van der Waals surface area contributed by atoms with E-state index < -0.39 is 0 Å². The summed E-state index contributed by atoms with van der Waals surface area (Å²) in [5, 5.41) is 3.01. The van der Waals surface area contributed by atoms with Gasteiger partial charge in [0.1, 0.15) is 0 Å². The quantitative estimate of drug-likeness (QED) is 0.593. The zero-order chi connectivity index (χ0) is 11.5. The summed E-state index contributed by atoms with van der Waals surface area (Å²) in [6, 6.07) is 0. The van der Waals surface area contributed by atoms with Crippen molar-refractivity contribution < 1.29 is 0 Å². The minimum Gasteiger partial charge on any atom is -0.151 e. The predicted octanol–water partition coefficient (Wildman–Crippen LogP) is 4.24. The van der Waals surface area contributed by atoms with E-state index in [1.54, 1.807) is 0 Å². The molecule has 16 heavy (non-hydrogen) atoms. The molecule has 0 aromatic carbocycles. The molecule has 5 unspecified atom stereocenters. The molecule has 0 spiro atoms. The van der Waals surface area contributed by atoms with Crippen LogP contribution in [0.4, 0.5) is 0 Å². The SMILES string of the molecule is CCCCC1CCC1C1C(C)C1CCN=O. The molecule has 92 valence electrons. The Morgan fingerprint density at radius 3 is 2.62 bits per heavy atom. The first kappa shape index (κ1) is 12.1. The second-order valence-corrected chi connectivity index (χ2v) is 5.89. The molecule has 0 aromatic rings. The second-order valence-electron chi connectivity index (χ2n) is 5.89. The van der Waals surface area contributed by atoms with E-state index in [-0.39, 0.29) is 0 Å². The lowest BCUT2D eigenvalue weighted by molar-refractivity contribution is 0.125. The van der Waals surface area contributed by atoms with Gasteiger partial charge < -0.3 is 0 Å². The van der Waals surface area contributed by atoms with Gasteiger partial charge in [-0.1, -0.05) is 38.3 Å².